The molecule has 1 aromatic rings. The summed E-state index contributed by atoms with van der Waals surface area (Å²) < 4.78 is 10.9. The molecule has 1 aliphatic rings. The third-order valence-electron chi connectivity index (χ3n) is 3.20. The summed E-state index contributed by atoms with van der Waals surface area (Å²) in [6, 6.07) is 5.90. The molecule has 1 heterocycles. The Morgan fingerprint density at radius 3 is 3.06 bits per heavy atom. The Balaban J connectivity index is 2.21. The van der Waals surface area contributed by atoms with E-state index in [9.17, 15) is 0 Å². The van der Waals surface area contributed by atoms with Gasteiger partial charge in [-0.3, -0.25) is 0 Å². The zero-order chi connectivity index (χ0) is 12.3. The van der Waals surface area contributed by atoms with Crippen molar-refractivity contribution >= 4 is 11.4 Å². The van der Waals surface area contributed by atoms with Crippen molar-refractivity contribution in [3.8, 4) is 5.75 Å². The molecule has 4 nitrogen and oxygen atoms in total. The van der Waals surface area contributed by atoms with E-state index in [0.717, 1.165) is 37.6 Å². The van der Waals surface area contributed by atoms with Crippen LogP contribution in [0.1, 0.15) is 13.3 Å². The third-order valence-corrected chi connectivity index (χ3v) is 3.20. The highest BCUT2D eigenvalue weighted by Gasteiger charge is 2.21. The van der Waals surface area contributed by atoms with E-state index in [2.05, 4.69) is 11.8 Å². The molecule has 1 unspecified atom stereocenters. The highest BCUT2D eigenvalue weighted by Crippen LogP contribution is 2.32. The summed E-state index contributed by atoms with van der Waals surface area (Å²) in [6.45, 7) is 4.68. The first-order chi connectivity index (χ1) is 8.26. The lowest BCUT2D eigenvalue weighted by atomic mass is 10.1. The summed E-state index contributed by atoms with van der Waals surface area (Å²) >= 11 is 0. The Morgan fingerprint density at radius 1 is 1.53 bits per heavy atom. The van der Waals surface area contributed by atoms with Crippen LogP contribution < -0.4 is 15.4 Å². The van der Waals surface area contributed by atoms with Crippen molar-refractivity contribution in [2.24, 2.45) is 0 Å². The molecule has 0 radical (unpaired) electrons. The van der Waals surface area contributed by atoms with Gasteiger partial charge in [0.2, 0.25) is 0 Å². The maximum atomic E-state index is 6.10. The van der Waals surface area contributed by atoms with Crippen molar-refractivity contribution in [2.45, 2.75) is 19.4 Å². The van der Waals surface area contributed by atoms with Crippen molar-refractivity contribution < 1.29 is 9.47 Å². The molecule has 1 aromatic carbocycles. The van der Waals surface area contributed by atoms with Gasteiger partial charge < -0.3 is 20.1 Å². The van der Waals surface area contributed by atoms with Crippen LogP contribution in [-0.4, -0.2) is 32.9 Å². The van der Waals surface area contributed by atoms with Gasteiger partial charge in [0.15, 0.2) is 0 Å². The van der Waals surface area contributed by atoms with Gasteiger partial charge in [-0.25, -0.2) is 0 Å². The van der Waals surface area contributed by atoms with E-state index in [0.29, 0.717) is 11.8 Å². The average Bonchev–Trinajstić information content (AvgIpc) is 2.39. The van der Waals surface area contributed by atoms with Crippen molar-refractivity contribution in [1.82, 2.24) is 0 Å². The van der Waals surface area contributed by atoms with Gasteiger partial charge >= 0.3 is 0 Å². The monoisotopic (exact) mass is 236 g/mol. The Labute approximate surface area is 102 Å². The second-order valence-corrected chi connectivity index (χ2v) is 4.24. The van der Waals surface area contributed by atoms with Gasteiger partial charge in [-0.15, -0.1) is 0 Å². The zero-order valence-electron chi connectivity index (χ0n) is 10.5. The minimum Gasteiger partial charge on any atom is -0.495 e. The third kappa shape index (κ3) is 2.47. The van der Waals surface area contributed by atoms with Crippen molar-refractivity contribution in [2.75, 3.05) is 37.4 Å². The molecular formula is C13H20N2O2. The smallest absolute Gasteiger partial charge is 0.143 e. The van der Waals surface area contributed by atoms with Gasteiger partial charge in [-0.05, 0) is 18.6 Å². The molecular weight excluding hydrogens is 216 g/mol. The number of nitrogen functional groups attached to an aromatic ring is 1. The maximum absolute atomic E-state index is 6.10. The number of nitrogens with zero attached hydrogens (tertiary/aromatic N) is 1. The molecule has 0 aromatic heterocycles. The number of hydrogen-bond donors (Lipinski definition) is 1. The van der Waals surface area contributed by atoms with E-state index in [1.54, 1.807) is 7.11 Å². The summed E-state index contributed by atoms with van der Waals surface area (Å²) in [4.78, 5) is 2.27. The molecule has 0 aliphatic carbocycles. The van der Waals surface area contributed by atoms with E-state index >= 15 is 0 Å². The fourth-order valence-electron chi connectivity index (χ4n) is 2.17. The number of benzene rings is 1. The molecule has 1 fully saturated rings. The lowest BCUT2D eigenvalue weighted by molar-refractivity contribution is 0.0385. The highest BCUT2D eigenvalue weighted by atomic mass is 16.5. The Kier molecular flexibility index (Phi) is 3.74. The number of morpholine rings is 1. The van der Waals surface area contributed by atoms with Crippen LogP contribution in [0, 0.1) is 0 Å². The first-order valence-electron chi connectivity index (χ1n) is 6.05. The SMILES string of the molecule is CCC1CN(c2cccc(OC)c2N)CCO1. The molecule has 0 bridgehead atoms. The van der Waals surface area contributed by atoms with Gasteiger partial charge in [0, 0.05) is 13.1 Å². The van der Waals surface area contributed by atoms with E-state index in [1.807, 2.05) is 18.2 Å². The van der Waals surface area contributed by atoms with Crippen LogP contribution in [0.25, 0.3) is 0 Å². The molecule has 0 amide bonds. The molecule has 2 N–H and O–H groups in total. The molecule has 1 aliphatic heterocycles. The van der Waals surface area contributed by atoms with Gasteiger partial charge in [0.05, 0.1) is 31.2 Å². The summed E-state index contributed by atoms with van der Waals surface area (Å²) in [5, 5.41) is 0. The van der Waals surface area contributed by atoms with Crippen LogP contribution in [0.15, 0.2) is 18.2 Å². The number of rotatable bonds is 3. The van der Waals surface area contributed by atoms with E-state index in [1.165, 1.54) is 0 Å². The first kappa shape index (κ1) is 12.0. The first-order valence-corrected chi connectivity index (χ1v) is 6.05. The molecule has 4 heteroatoms. The standard InChI is InChI=1S/C13H20N2O2/c1-3-10-9-15(7-8-17-10)11-5-4-6-12(16-2)13(11)14/h4-6,10H,3,7-9,14H2,1-2H3. The Bertz CT molecular complexity index is 382. The van der Waals surface area contributed by atoms with Crippen LogP contribution in [-0.2, 0) is 4.74 Å². The van der Waals surface area contributed by atoms with E-state index in [4.69, 9.17) is 15.2 Å². The Morgan fingerprint density at radius 2 is 2.35 bits per heavy atom. The topological polar surface area (TPSA) is 47.7 Å². The molecule has 17 heavy (non-hydrogen) atoms. The molecule has 94 valence electrons. The van der Waals surface area contributed by atoms with Crippen molar-refractivity contribution in [1.29, 1.82) is 0 Å². The molecule has 0 saturated carbocycles. The van der Waals surface area contributed by atoms with Crippen molar-refractivity contribution in [3.05, 3.63) is 18.2 Å². The van der Waals surface area contributed by atoms with E-state index in [-0.39, 0.29) is 0 Å². The molecule has 1 saturated heterocycles. The minimum absolute atomic E-state index is 0.300. The minimum atomic E-state index is 0.300. The Hall–Kier alpha value is -1.42. The number of ether oxygens (including phenoxy) is 2. The second kappa shape index (κ2) is 5.27. The molecule has 2 rings (SSSR count). The van der Waals surface area contributed by atoms with Gasteiger partial charge in [0.1, 0.15) is 5.75 Å². The highest BCUT2D eigenvalue weighted by molar-refractivity contribution is 5.74. The fraction of sp³-hybridized carbons (Fsp3) is 0.538. The van der Waals surface area contributed by atoms with Gasteiger partial charge in [0.25, 0.3) is 0 Å². The zero-order valence-corrected chi connectivity index (χ0v) is 10.5. The summed E-state index contributed by atoms with van der Waals surface area (Å²) in [7, 11) is 1.64. The normalized spacial score (nSPS) is 20.4. The second-order valence-electron chi connectivity index (χ2n) is 4.24. The summed E-state index contributed by atoms with van der Waals surface area (Å²) in [6.07, 6.45) is 1.33. The lowest BCUT2D eigenvalue weighted by Gasteiger charge is -2.35. The largest absolute Gasteiger partial charge is 0.495 e. The van der Waals surface area contributed by atoms with Crippen LogP contribution in [0.4, 0.5) is 11.4 Å². The van der Waals surface area contributed by atoms with E-state index < -0.39 is 0 Å². The van der Waals surface area contributed by atoms with Crippen LogP contribution in [0.5, 0.6) is 5.75 Å². The van der Waals surface area contributed by atoms with Gasteiger partial charge in [-0.2, -0.15) is 0 Å². The summed E-state index contributed by atoms with van der Waals surface area (Å²) in [5.41, 5.74) is 7.87. The summed E-state index contributed by atoms with van der Waals surface area (Å²) in [5.74, 6) is 0.738. The number of methoxy groups -OCH3 is 1. The van der Waals surface area contributed by atoms with Crippen LogP contribution >= 0.6 is 0 Å². The average molecular weight is 236 g/mol. The van der Waals surface area contributed by atoms with Crippen LogP contribution in [0.2, 0.25) is 0 Å². The van der Waals surface area contributed by atoms with Crippen molar-refractivity contribution in [3.63, 3.8) is 0 Å². The molecule has 1 atom stereocenters. The molecule has 0 spiro atoms. The number of hydrogen-bond acceptors (Lipinski definition) is 4. The fourth-order valence-corrected chi connectivity index (χ4v) is 2.17. The number of anilines is 2. The lowest BCUT2D eigenvalue weighted by Crippen LogP contribution is -2.42. The quantitative estimate of drug-likeness (QED) is 0.814. The predicted octanol–water partition coefficient (Wildman–Crippen LogP) is 1.89. The predicted molar refractivity (Wildman–Crippen MR) is 69.7 cm³/mol. The van der Waals surface area contributed by atoms with Crippen LogP contribution in [0.3, 0.4) is 0 Å². The number of para-hydroxylation sites is 1. The van der Waals surface area contributed by atoms with Gasteiger partial charge in [-0.1, -0.05) is 13.0 Å². The number of nitrogens with two attached hydrogens (primary N) is 1. The maximum Gasteiger partial charge on any atom is 0.143 e.